The molecule has 5 heteroatoms. The summed E-state index contributed by atoms with van der Waals surface area (Å²) < 4.78 is 22.6. The summed E-state index contributed by atoms with van der Waals surface area (Å²) in [5, 5.41) is 0. The van der Waals surface area contributed by atoms with Gasteiger partial charge in [-0.2, -0.15) is 0 Å². The lowest BCUT2D eigenvalue weighted by Gasteiger charge is -2.13. The van der Waals surface area contributed by atoms with E-state index in [9.17, 15) is 4.39 Å². The number of nitrogens with two attached hydrogens (primary N) is 1. The van der Waals surface area contributed by atoms with Crippen molar-refractivity contribution in [3.05, 3.63) is 17.9 Å². The summed E-state index contributed by atoms with van der Waals surface area (Å²) in [7, 11) is 0. The van der Waals surface area contributed by atoms with E-state index in [1.54, 1.807) is 0 Å². The molecule has 0 radical (unpaired) electrons. The molecule has 0 bridgehead atoms. The van der Waals surface area contributed by atoms with Crippen LogP contribution in [0.15, 0.2) is 12.1 Å². The fraction of sp³-hybridized carbons (Fsp3) is 0.538. The highest BCUT2D eigenvalue weighted by Gasteiger charge is 2.18. The van der Waals surface area contributed by atoms with Crippen LogP contribution in [0.5, 0.6) is 11.5 Å². The van der Waals surface area contributed by atoms with Crippen LogP contribution in [0.3, 0.4) is 0 Å². The van der Waals surface area contributed by atoms with E-state index in [0.717, 1.165) is 0 Å². The maximum Gasteiger partial charge on any atom is 0.231 e. The number of rotatable bonds is 3. The number of nitrogens with zero attached hydrogens (tertiary/aromatic N) is 1. The highest BCUT2D eigenvalue weighted by Crippen LogP contribution is 2.38. The van der Waals surface area contributed by atoms with Crippen LogP contribution >= 0.6 is 0 Å². The first kappa shape index (κ1) is 14.6. The Labute approximate surface area is 107 Å². The quantitative estimate of drug-likeness (QED) is 0.844. The first-order valence-corrected chi connectivity index (χ1v) is 6.19. The number of nitrogen functional groups attached to an aromatic ring is 1. The number of fused-ring (bicyclic) bond motifs is 1. The number of benzene rings is 1. The van der Waals surface area contributed by atoms with Gasteiger partial charge in [0.05, 0.1) is 0 Å². The van der Waals surface area contributed by atoms with Crippen molar-refractivity contribution in [2.75, 3.05) is 32.2 Å². The van der Waals surface area contributed by atoms with Crippen molar-refractivity contribution >= 4 is 5.69 Å². The van der Waals surface area contributed by atoms with Gasteiger partial charge in [-0.15, -0.1) is 0 Å². The van der Waals surface area contributed by atoms with E-state index in [1.165, 1.54) is 31.8 Å². The van der Waals surface area contributed by atoms with Gasteiger partial charge in [0.1, 0.15) is 11.5 Å². The van der Waals surface area contributed by atoms with E-state index in [4.69, 9.17) is 15.2 Å². The SMILES string of the molecule is CCN(CC)CC.Nc1c(F)ccc2c1OCO2. The average molecular weight is 256 g/mol. The maximum atomic E-state index is 12.7. The Balaban J connectivity index is 0.000000203. The maximum absolute atomic E-state index is 12.7. The molecule has 0 amide bonds. The summed E-state index contributed by atoms with van der Waals surface area (Å²) in [6.45, 7) is 10.2. The molecule has 1 aromatic rings. The van der Waals surface area contributed by atoms with Crippen molar-refractivity contribution in [1.82, 2.24) is 4.90 Å². The predicted molar refractivity (Wildman–Crippen MR) is 70.4 cm³/mol. The lowest BCUT2D eigenvalue weighted by atomic mass is 10.2. The fourth-order valence-electron chi connectivity index (χ4n) is 1.64. The third kappa shape index (κ3) is 3.50. The van der Waals surface area contributed by atoms with E-state index < -0.39 is 5.82 Å². The Kier molecular flexibility index (Phi) is 5.71. The van der Waals surface area contributed by atoms with Crippen LogP contribution in [0.2, 0.25) is 0 Å². The third-order valence-corrected chi connectivity index (χ3v) is 2.87. The molecule has 102 valence electrons. The normalized spacial score (nSPS) is 12.3. The van der Waals surface area contributed by atoms with Crippen molar-refractivity contribution in [3.8, 4) is 11.5 Å². The number of hydrogen-bond acceptors (Lipinski definition) is 4. The summed E-state index contributed by atoms with van der Waals surface area (Å²) in [5.41, 5.74) is 5.37. The van der Waals surface area contributed by atoms with Gasteiger partial charge in [-0.25, -0.2) is 4.39 Å². The minimum absolute atomic E-state index is 0.0139. The standard InChI is InChI=1S/C7H6FNO2.C6H15N/c8-4-1-2-5-7(6(4)9)11-3-10-5;1-4-7(5-2)6-3/h1-2H,3,9H2;4-6H2,1-3H3. The second-order valence-corrected chi connectivity index (χ2v) is 3.81. The molecule has 1 aromatic carbocycles. The molecule has 18 heavy (non-hydrogen) atoms. The molecule has 0 aliphatic carbocycles. The van der Waals surface area contributed by atoms with Gasteiger partial charge in [0.2, 0.25) is 6.79 Å². The molecule has 0 aromatic heterocycles. The van der Waals surface area contributed by atoms with Gasteiger partial charge < -0.3 is 20.1 Å². The third-order valence-electron chi connectivity index (χ3n) is 2.87. The Morgan fingerprint density at radius 1 is 1.17 bits per heavy atom. The van der Waals surface area contributed by atoms with Crippen LogP contribution in [-0.2, 0) is 0 Å². The monoisotopic (exact) mass is 256 g/mol. The van der Waals surface area contributed by atoms with Gasteiger partial charge in [-0.05, 0) is 31.8 Å². The van der Waals surface area contributed by atoms with Gasteiger partial charge in [0.15, 0.2) is 11.5 Å². The number of halogens is 1. The van der Waals surface area contributed by atoms with Gasteiger partial charge in [0, 0.05) is 0 Å². The smallest absolute Gasteiger partial charge is 0.231 e. The summed E-state index contributed by atoms with van der Waals surface area (Å²) in [5.74, 6) is 0.336. The summed E-state index contributed by atoms with van der Waals surface area (Å²) in [6, 6.07) is 2.75. The molecule has 2 rings (SSSR count). The van der Waals surface area contributed by atoms with Gasteiger partial charge >= 0.3 is 0 Å². The molecule has 0 saturated heterocycles. The number of hydrogen-bond donors (Lipinski definition) is 1. The summed E-state index contributed by atoms with van der Waals surface area (Å²) >= 11 is 0. The van der Waals surface area contributed by atoms with Crippen LogP contribution in [0, 0.1) is 5.82 Å². The van der Waals surface area contributed by atoms with Crippen molar-refractivity contribution in [1.29, 1.82) is 0 Å². The molecule has 0 fully saturated rings. The molecule has 1 aliphatic rings. The molecule has 1 heterocycles. The zero-order valence-corrected chi connectivity index (χ0v) is 11.2. The molecule has 0 spiro atoms. The number of anilines is 1. The van der Waals surface area contributed by atoms with E-state index in [-0.39, 0.29) is 12.5 Å². The van der Waals surface area contributed by atoms with Crippen molar-refractivity contribution in [2.24, 2.45) is 0 Å². The zero-order chi connectivity index (χ0) is 13.5. The van der Waals surface area contributed by atoms with E-state index in [1.807, 2.05) is 0 Å². The number of ether oxygens (including phenoxy) is 2. The highest BCUT2D eigenvalue weighted by molar-refractivity contribution is 5.61. The van der Waals surface area contributed by atoms with E-state index in [2.05, 4.69) is 25.7 Å². The van der Waals surface area contributed by atoms with Crippen molar-refractivity contribution in [3.63, 3.8) is 0 Å². The largest absolute Gasteiger partial charge is 0.454 e. The molecule has 0 atom stereocenters. The van der Waals surface area contributed by atoms with Crippen LogP contribution in [0.25, 0.3) is 0 Å². The second-order valence-electron chi connectivity index (χ2n) is 3.81. The Morgan fingerprint density at radius 2 is 1.78 bits per heavy atom. The molecule has 2 N–H and O–H groups in total. The fourth-order valence-corrected chi connectivity index (χ4v) is 1.64. The Bertz CT molecular complexity index is 376. The molecule has 0 saturated carbocycles. The first-order valence-electron chi connectivity index (χ1n) is 6.19. The van der Waals surface area contributed by atoms with E-state index >= 15 is 0 Å². The minimum atomic E-state index is -0.478. The molecular formula is C13H21FN2O2. The van der Waals surface area contributed by atoms with Crippen molar-refractivity contribution in [2.45, 2.75) is 20.8 Å². The lowest BCUT2D eigenvalue weighted by Crippen LogP contribution is -2.21. The van der Waals surface area contributed by atoms with Gasteiger partial charge in [0.25, 0.3) is 0 Å². The Hall–Kier alpha value is -1.49. The zero-order valence-electron chi connectivity index (χ0n) is 11.2. The molecule has 4 nitrogen and oxygen atoms in total. The second kappa shape index (κ2) is 7.06. The highest BCUT2D eigenvalue weighted by atomic mass is 19.1. The average Bonchev–Trinajstić information content (AvgIpc) is 2.86. The summed E-state index contributed by atoms with van der Waals surface area (Å²) in [6.07, 6.45) is 0. The summed E-state index contributed by atoms with van der Waals surface area (Å²) in [4.78, 5) is 2.38. The van der Waals surface area contributed by atoms with Gasteiger partial charge in [-0.1, -0.05) is 20.8 Å². The van der Waals surface area contributed by atoms with E-state index in [0.29, 0.717) is 11.5 Å². The molecular weight excluding hydrogens is 235 g/mol. The van der Waals surface area contributed by atoms with Crippen LogP contribution in [-0.4, -0.2) is 31.3 Å². The van der Waals surface area contributed by atoms with Crippen LogP contribution < -0.4 is 15.2 Å². The molecule has 0 unspecified atom stereocenters. The Morgan fingerprint density at radius 3 is 2.28 bits per heavy atom. The lowest BCUT2D eigenvalue weighted by molar-refractivity contribution is 0.174. The van der Waals surface area contributed by atoms with Crippen LogP contribution in [0.4, 0.5) is 10.1 Å². The van der Waals surface area contributed by atoms with Crippen LogP contribution in [0.1, 0.15) is 20.8 Å². The molecule has 1 aliphatic heterocycles. The first-order chi connectivity index (χ1) is 8.63. The minimum Gasteiger partial charge on any atom is -0.454 e. The van der Waals surface area contributed by atoms with Crippen molar-refractivity contribution < 1.29 is 13.9 Å². The topological polar surface area (TPSA) is 47.7 Å². The predicted octanol–water partition coefficient (Wildman–Crippen LogP) is 2.48. The van der Waals surface area contributed by atoms with Gasteiger partial charge in [-0.3, -0.25) is 0 Å².